The third kappa shape index (κ3) is 12.4. The number of carbonyl (C=O) groups excluding carboxylic acids is 4. The van der Waals surface area contributed by atoms with E-state index in [1.54, 1.807) is 34.6 Å². The molecule has 2 aromatic carbocycles. The van der Waals surface area contributed by atoms with Crippen LogP contribution < -0.4 is 4.74 Å². The standard InChI is InChI=1S/C39H36Cl2F10N4O9/c1-33(2,3)64-29(57)9-8-28(56)60-18-34(4,5)19-61-32(59)62-20-54(35(17-52)10-11-35)31(58)24-12-21(6-7-25(24)40)22-15-53-55(16-22)30-26(41)13-23(14-27(30)63-39(49,50)51)36(42,37(43,44)45)38(46,47)48/h6-7,12-16H,8-11,18-20H2,1-5H3. The molecule has 0 spiro atoms. The van der Waals surface area contributed by atoms with Crippen molar-refractivity contribution in [1.82, 2.24) is 14.7 Å². The van der Waals surface area contributed by atoms with Crippen molar-refractivity contribution in [2.45, 2.75) is 95.8 Å². The van der Waals surface area contributed by atoms with Crippen molar-refractivity contribution < 1.29 is 86.8 Å². The fourth-order valence-electron chi connectivity index (χ4n) is 5.63. The van der Waals surface area contributed by atoms with Gasteiger partial charge in [0.05, 0.1) is 47.3 Å². The van der Waals surface area contributed by atoms with Gasteiger partial charge in [-0.2, -0.15) is 36.7 Å². The largest absolute Gasteiger partial charge is 0.573 e. The Bertz CT molecular complexity index is 2280. The van der Waals surface area contributed by atoms with E-state index in [-0.39, 0.29) is 66.7 Å². The lowest BCUT2D eigenvalue weighted by Crippen LogP contribution is -2.50. The van der Waals surface area contributed by atoms with Crippen LogP contribution in [-0.4, -0.2) is 88.5 Å². The van der Waals surface area contributed by atoms with Crippen molar-refractivity contribution in [1.29, 1.82) is 5.26 Å². The van der Waals surface area contributed by atoms with Gasteiger partial charge in [0.2, 0.25) is 0 Å². The number of benzene rings is 2. The molecule has 0 saturated heterocycles. The molecule has 1 heterocycles. The van der Waals surface area contributed by atoms with Crippen molar-refractivity contribution in [3.8, 4) is 28.6 Å². The molecule has 1 aliphatic rings. The summed E-state index contributed by atoms with van der Waals surface area (Å²) in [6, 6.07) is 4.90. The maximum atomic E-state index is 14.9. The van der Waals surface area contributed by atoms with Gasteiger partial charge in [-0.25, -0.2) is 13.9 Å². The minimum atomic E-state index is -6.71. The average Bonchev–Trinajstić information content (AvgIpc) is 3.80. The summed E-state index contributed by atoms with van der Waals surface area (Å²) < 4.78 is 161. The summed E-state index contributed by atoms with van der Waals surface area (Å²) >= 11 is 12.3. The zero-order valence-electron chi connectivity index (χ0n) is 34.0. The summed E-state index contributed by atoms with van der Waals surface area (Å²) in [4.78, 5) is 51.6. The van der Waals surface area contributed by atoms with Crippen molar-refractivity contribution in [3.63, 3.8) is 0 Å². The smallest absolute Gasteiger partial charge is 0.465 e. The predicted molar refractivity (Wildman–Crippen MR) is 201 cm³/mol. The Morgan fingerprint density at radius 1 is 0.812 bits per heavy atom. The van der Waals surface area contributed by atoms with Crippen molar-refractivity contribution >= 4 is 47.2 Å². The summed E-state index contributed by atoms with van der Waals surface area (Å²) in [5.74, 6) is -4.08. The molecule has 13 nitrogen and oxygen atoms in total. The minimum Gasteiger partial charge on any atom is -0.465 e. The minimum absolute atomic E-state index is 0.0248. The summed E-state index contributed by atoms with van der Waals surface area (Å²) in [6.45, 7) is 6.71. The van der Waals surface area contributed by atoms with Crippen molar-refractivity contribution in [2.24, 2.45) is 5.41 Å². The number of nitrogens with zero attached hydrogens (tertiary/aromatic N) is 4. The number of aromatic nitrogens is 2. The Labute approximate surface area is 367 Å². The third-order valence-electron chi connectivity index (χ3n) is 8.94. The molecule has 350 valence electrons. The van der Waals surface area contributed by atoms with Crippen LogP contribution in [0.3, 0.4) is 0 Å². The van der Waals surface area contributed by atoms with Crippen LogP contribution >= 0.6 is 23.2 Å². The summed E-state index contributed by atoms with van der Waals surface area (Å²) in [6.07, 6.45) is -18.9. The van der Waals surface area contributed by atoms with Gasteiger partial charge in [0.1, 0.15) is 23.4 Å². The molecule has 0 bridgehead atoms. The number of halogens is 12. The number of alkyl halides is 10. The Morgan fingerprint density at radius 2 is 1.41 bits per heavy atom. The predicted octanol–water partition coefficient (Wildman–Crippen LogP) is 10.3. The molecule has 0 aliphatic heterocycles. The lowest BCUT2D eigenvalue weighted by molar-refractivity contribution is -0.348. The fraction of sp³-hybridized carbons (Fsp3) is 0.487. The molecule has 64 heavy (non-hydrogen) atoms. The van der Waals surface area contributed by atoms with Gasteiger partial charge in [0, 0.05) is 22.7 Å². The van der Waals surface area contributed by atoms with Gasteiger partial charge in [-0.1, -0.05) is 43.1 Å². The zero-order valence-corrected chi connectivity index (χ0v) is 35.5. The molecular formula is C39H36Cl2F10N4O9. The molecule has 0 radical (unpaired) electrons. The number of carbonyl (C=O) groups is 4. The maximum absolute atomic E-state index is 14.9. The van der Waals surface area contributed by atoms with Gasteiger partial charge < -0.3 is 23.7 Å². The van der Waals surface area contributed by atoms with Gasteiger partial charge in [0.15, 0.2) is 12.5 Å². The fourth-order valence-corrected chi connectivity index (χ4v) is 6.13. The number of nitriles is 1. The van der Waals surface area contributed by atoms with Crippen LogP contribution in [0, 0.1) is 16.7 Å². The molecule has 1 saturated carbocycles. The first-order valence-corrected chi connectivity index (χ1v) is 19.2. The molecule has 0 unspecified atom stereocenters. The van der Waals surface area contributed by atoms with Crippen LogP contribution in [0.25, 0.3) is 16.8 Å². The highest BCUT2D eigenvalue weighted by atomic mass is 35.5. The SMILES string of the molecule is CC(C)(COC(=O)CCC(=O)OC(C)(C)C)COC(=O)OCN(C(=O)c1cc(-c2cnn(-c3c(Cl)cc(C(F)(C(F)(F)F)C(F)(F)F)cc3OC(F)(F)F)c2)ccc1Cl)C1(C#N)CC1. The van der Waals surface area contributed by atoms with E-state index in [0.29, 0.717) is 4.68 Å². The van der Waals surface area contributed by atoms with E-state index in [4.69, 9.17) is 42.1 Å². The van der Waals surface area contributed by atoms with Crippen molar-refractivity contribution in [3.05, 3.63) is 63.9 Å². The van der Waals surface area contributed by atoms with Crippen molar-refractivity contribution in [2.75, 3.05) is 19.9 Å². The second-order valence-electron chi connectivity index (χ2n) is 16.0. The Morgan fingerprint density at radius 3 is 1.95 bits per heavy atom. The Balaban J connectivity index is 1.53. The second-order valence-corrected chi connectivity index (χ2v) is 16.8. The third-order valence-corrected chi connectivity index (χ3v) is 9.56. The second kappa shape index (κ2) is 18.5. The van der Waals surface area contributed by atoms with Gasteiger partial charge in [0.25, 0.3) is 5.91 Å². The zero-order chi connectivity index (χ0) is 48.4. The average molecular weight is 966 g/mol. The van der Waals surface area contributed by atoms with Crippen LogP contribution in [0.2, 0.25) is 10.0 Å². The lowest BCUT2D eigenvalue weighted by Gasteiger charge is -2.31. The first-order valence-electron chi connectivity index (χ1n) is 18.4. The van der Waals surface area contributed by atoms with E-state index in [1.165, 1.54) is 12.1 Å². The lowest BCUT2D eigenvalue weighted by atomic mass is 9.93. The molecule has 0 atom stereocenters. The molecule has 0 N–H and O–H groups in total. The van der Waals surface area contributed by atoms with E-state index in [1.807, 2.05) is 6.07 Å². The Hall–Kier alpha value is -5.50. The summed E-state index contributed by atoms with van der Waals surface area (Å²) in [5, 5.41) is 12.2. The first-order chi connectivity index (χ1) is 29.2. The number of hydrogen-bond acceptors (Lipinski definition) is 11. The number of ether oxygens (including phenoxy) is 5. The van der Waals surface area contributed by atoms with E-state index in [0.717, 1.165) is 23.4 Å². The van der Waals surface area contributed by atoms with Gasteiger partial charge >= 0.3 is 42.5 Å². The molecular weight excluding hydrogens is 929 g/mol. The highest BCUT2D eigenvalue weighted by Crippen LogP contribution is 2.55. The van der Waals surface area contributed by atoms with E-state index >= 15 is 0 Å². The van der Waals surface area contributed by atoms with Crippen LogP contribution in [0.1, 0.15) is 76.2 Å². The maximum Gasteiger partial charge on any atom is 0.573 e. The molecule has 4 rings (SSSR count). The van der Waals surface area contributed by atoms with E-state index in [2.05, 4.69) is 9.84 Å². The van der Waals surface area contributed by atoms with E-state index < -0.39 is 99.8 Å². The highest BCUT2D eigenvalue weighted by molar-refractivity contribution is 6.34. The number of hydrogen-bond donors (Lipinski definition) is 0. The summed E-state index contributed by atoms with van der Waals surface area (Å²) in [7, 11) is 0. The quantitative estimate of drug-likeness (QED) is 0.0617. The molecule has 1 amide bonds. The van der Waals surface area contributed by atoms with E-state index in [9.17, 15) is 68.3 Å². The monoisotopic (exact) mass is 964 g/mol. The molecule has 1 aromatic heterocycles. The van der Waals surface area contributed by atoms with Gasteiger partial charge in [-0.15, -0.1) is 13.2 Å². The Kier molecular flexibility index (Phi) is 14.8. The molecule has 1 fully saturated rings. The topological polar surface area (TPSA) is 159 Å². The van der Waals surface area contributed by atoms with Gasteiger partial charge in [-0.05, 0) is 63.4 Å². The number of esters is 2. The molecule has 1 aliphatic carbocycles. The van der Waals surface area contributed by atoms with Crippen LogP contribution in [0.15, 0.2) is 42.7 Å². The summed E-state index contributed by atoms with van der Waals surface area (Å²) in [5.41, 5.74) is -13.2. The van der Waals surface area contributed by atoms with Crippen LogP contribution in [-0.2, 0) is 34.2 Å². The molecule has 25 heteroatoms. The first kappa shape index (κ1) is 51.1. The number of amides is 1. The van der Waals surface area contributed by atoms with Gasteiger partial charge in [-0.3, -0.25) is 19.3 Å². The van der Waals surface area contributed by atoms with Crippen LogP contribution in [0.5, 0.6) is 5.75 Å². The molecule has 3 aromatic rings. The normalized spacial score (nSPS) is 14.2. The highest BCUT2D eigenvalue weighted by Gasteiger charge is 2.73. The van der Waals surface area contributed by atoms with Crippen LogP contribution in [0.4, 0.5) is 48.7 Å². The number of rotatable bonds is 15.